The van der Waals surface area contributed by atoms with Gasteiger partial charge in [-0.05, 0) is 53.7 Å². The van der Waals surface area contributed by atoms with E-state index in [1.807, 2.05) is 53.7 Å². The van der Waals surface area contributed by atoms with Crippen molar-refractivity contribution in [2.24, 2.45) is 0 Å². The number of rotatable bonds is 4. The lowest BCUT2D eigenvalue weighted by Crippen LogP contribution is -2.55. The van der Waals surface area contributed by atoms with E-state index < -0.39 is 5.60 Å². The second kappa shape index (κ2) is 9.52. The number of aryl methyl sites for hydroxylation is 2. The zero-order chi connectivity index (χ0) is 25.3. The number of anilines is 1. The first-order valence-electron chi connectivity index (χ1n) is 11.7. The van der Waals surface area contributed by atoms with E-state index in [-0.39, 0.29) is 24.2 Å². The van der Waals surface area contributed by atoms with Gasteiger partial charge in [0.25, 0.3) is 5.56 Å². The minimum Gasteiger partial charge on any atom is -0.444 e. The fourth-order valence-corrected chi connectivity index (χ4v) is 4.06. The van der Waals surface area contributed by atoms with Gasteiger partial charge < -0.3 is 19.1 Å². The van der Waals surface area contributed by atoms with Gasteiger partial charge in [-0.15, -0.1) is 0 Å². The van der Waals surface area contributed by atoms with Gasteiger partial charge in [0.15, 0.2) is 0 Å². The normalized spacial score (nSPS) is 16.5. The number of carbonyl (C=O) groups is 1. The van der Waals surface area contributed by atoms with Gasteiger partial charge in [0.1, 0.15) is 17.1 Å². The third-order valence-corrected chi connectivity index (χ3v) is 5.95. The maximum absolute atomic E-state index is 12.9. The quantitative estimate of drug-likeness (QED) is 0.559. The maximum Gasteiger partial charge on any atom is 0.410 e. The van der Waals surface area contributed by atoms with Crippen molar-refractivity contribution in [2.45, 2.75) is 59.7 Å². The standard InChI is InChI=1S/C25H32N6O4/c1-16-7-8-19(12-26-16)23-21(18(3)35-28-23)15-31-22(32)11-20(13-27-31)29-9-10-30(17(2)14-29)24(33)34-25(4,5)6/h7-8,11-13,17H,9-10,14-15H2,1-6H3/t17-/m1/s1. The molecule has 0 aliphatic carbocycles. The van der Waals surface area contributed by atoms with Gasteiger partial charge in [-0.2, -0.15) is 5.10 Å². The second-order valence-electron chi connectivity index (χ2n) is 9.93. The molecule has 1 aliphatic heterocycles. The van der Waals surface area contributed by atoms with E-state index >= 15 is 0 Å². The van der Waals surface area contributed by atoms with Gasteiger partial charge >= 0.3 is 6.09 Å². The van der Waals surface area contributed by atoms with Gasteiger partial charge in [-0.25, -0.2) is 9.48 Å². The van der Waals surface area contributed by atoms with Crippen molar-refractivity contribution in [1.82, 2.24) is 24.8 Å². The molecule has 35 heavy (non-hydrogen) atoms. The van der Waals surface area contributed by atoms with Crippen LogP contribution in [-0.4, -0.2) is 62.2 Å². The summed E-state index contributed by atoms with van der Waals surface area (Å²) in [6.07, 6.45) is 3.11. The predicted octanol–water partition coefficient (Wildman–Crippen LogP) is 3.40. The number of ether oxygens (including phenoxy) is 1. The zero-order valence-electron chi connectivity index (χ0n) is 21.1. The Labute approximate surface area is 204 Å². The first-order valence-corrected chi connectivity index (χ1v) is 11.7. The molecule has 0 aromatic carbocycles. The number of hydrogen-bond donors (Lipinski definition) is 0. The molecule has 1 amide bonds. The van der Waals surface area contributed by atoms with Crippen LogP contribution in [0.25, 0.3) is 11.3 Å². The van der Waals surface area contributed by atoms with E-state index in [0.29, 0.717) is 31.1 Å². The summed E-state index contributed by atoms with van der Waals surface area (Å²) in [7, 11) is 0. The monoisotopic (exact) mass is 480 g/mol. The lowest BCUT2D eigenvalue weighted by atomic mass is 10.1. The summed E-state index contributed by atoms with van der Waals surface area (Å²) in [6, 6.07) is 5.36. The summed E-state index contributed by atoms with van der Waals surface area (Å²) in [4.78, 5) is 33.6. The molecule has 3 aromatic heterocycles. The Kier molecular flexibility index (Phi) is 6.64. The van der Waals surface area contributed by atoms with Crippen LogP contribution < -0.4 is 10.5 Å². The van der Waals surface area contributed by atoms with Crippen molar-refractivity contribution in [3.05, 3.63) is 58.0 Å². The van der Waals surface area contributed by atoms with Crippen LogP contribution in [-0.2, 0) is 11.3 Å². The predicted molar refractivity (Wildman–Crippen MR) is 131 cm³/mol. The van der Waals surface area contributed by atoms with Crippen LogP contribution in [0.2, 0.25) is 0 Å². The van der Waals surface area contributed by atoms with Gasteiger partial charge in [0.05, 0.1) is 18.4 Å². The van der Waals surface area contributed by atoms with E-state index in [1.165, 1.54) is 4.68 Å². The Morgan fingerprint density at radius 2 is 1.97 bits per heavy atom. The highest BCUT2D eigenvalue weighted by Gasteiger charge is 2.31. The number of carbonyl (C=O) groups excluding carboxylic acids is 1. The molecule has 0 spiro atoms. The fraction of sp³-hybridized carbons (Fsp3) is 0.480. The molecule has 0 unspecified atom stereocenters. The molecule has 1 atom stereocenters. The van der Waals surface area contributed by atoms with Crippen molar-refractivity contribution < 1.29 is 14.1 Å². The molecule has 10 nitrogen and oxygen atoms in total. The van der Waals surface area contributed by atoms with Crippen LogP contribution >= 0.6 is 0 Å². The second-order valence-corrected chi connectivity index (χ2v) is 9.93. The van der Waals surface area contributed by atoms with Gasteiger partial charge in [0, 0.05) is 54.8 Å². The average molecular weight is 481 g/mol. The van der Waals surface area contributed by atoms with Crippen molar-refractivity contribution >= 4 is 11.8 Å². The zero-order valence-corrected chi connectivity index (χ0v) is 21.1. The summed E-state index contributed by atoms with van der Waals surface area (Å²) in [5.74, 6) is 0.630. The molecule has 4 heterocycles. The third-order valence-electron chi connectivity index (χ3n) is 5.95. The molecule has 0 saturated carbocycles. The third kappa shape index (κ3) is 5.52. The summed E-state index contributed by atoms with van der Waals surface area (Å²) in [6.45, 7) is 13.2. The molecule has 0 bridgehead atoms. The highest BCUT2D eigenvalue weighted by atomic mass is 16.6. The van der Waals surface area contributed by atoms with Crippen LogP contribution in [0.4, 0.5) is 10.5 Å². The SMILES string of the molecule is Cc1ccc(-c2noc(C)c2Cn2ncc(N3CCN(C(=O)OC(C)(C)C)[C@H](C)C3)cc2=O)cn1. The minimum absolute atomic E-state index is 0.0636. The molecule has 1 fully saturated rings. The van der Waals surface area contributed by atoms with Crippen LogP contribution in [0.3, 0.4) is 0 Å². The largest absolute Gasteiger partial charge is 0.444 e. The van der Waals surface area contributed by atoms with Crippen molar-refractivity contribution in [2.75, 3.05) is 24.5 Å². The smallest absolute Gasteiger partial charge is 0.410 e. The molecule has 10 heteroatoms. The molecule has 0 N–H and O–H groups in total. The summed E-state index contributed by atoms with van der Waals surface area (Å²) >= 11 is 0. The molecule has 4 rings (SSSR count). The first-order chi connectivity index (χ1) is 16.5. The maximum atomic E-state index is 12.9. The lowest BCUT2D eigenvalue weighted by Gasteiger charge is -2.41. The number of pyridine rings is 1. The summed E-state index contributed by atoms with van der Waals surface area (Å²) in [5.41, 5.74) is 3.14. The molecule has 3 aromatic rings. The summed E-state index contributed by atoms with van der Waals surface area (Å²) < 4.78 is 12.3. The van der Waals surface area contributed by atoms with E-state index in [0.717, 1.165) is 22.5 Å². The molecule has 1 aliphatic rings. The Morgan fingerprint density at radius 1 is 1.20 bits per heavy atom. The Balaban J connectivity index is 1.48. The molecule has 186 valence electrons. The fourth-order valence-electron chi connectivity index (χ4n) is 4.06. The molecule has 0 radical (unpaired) electrons. The Bertz CT molecular complexity index is 1260. The highest BCUT2D eigenvalue weighted by molar-refractivity contribution is 5.69. The minimum atomic E-state index is -0.541. The molecule has 1 saturated heterocycles. The molecular weight excluding hydrogens is 448 g/mol. The average Bonchev–Trinajstić information content (AvgIpc) is 3.14. The van der Waals surface area contributed by atoms with Crippen molar-refractivity contribution in [1.29, 1.82) is 0 Å². The van der Waals surface area contributed by atoms with E-state index in [1.54, 1.807) is 23.4 Å². The lowest BCUT2D eigenvalue weighted by molar-refractivity contribution is 0.0159. The van der Waals surface area contributed by atoms with Gasteiger partial charge in [-0.1, -0.05) is 5.16 Å². The number of amides is 1. The van der Waals surface area contributed by atoms with Crippen LogP contribution in [0.1, 0.15) is 44.7 Å². The summed E-state index contributed by atoms with van der Waals surface area (Å²) in [5, 5.41) is 8.59. The van der Waals surface area contributed by atoms with E-state index in [4.69, 9.17) is 9.26 Å². The van der Waals surface area contributed by atoms with E-state index in [2.05, 4.69) is 20.1 Å². The topological polar surface area (TPSA) is 107 Å². The van der Waals surface area contributed by atoms with Crippen molar-refractivity contribution in [3.8, 4) is 11.3 Å². The number of piperazine rings is 1. The van der Waals surface area contributed by atoms with Crippen molar-refractivity contribution in [3.63, 3.8) is 0 Å². The molecular formula is C25H32N6O4. The van der Waals surface area contributed by atoms with Gasteiger partial charge in [0.2, 0.25) is 0 Å². The van der Waals surface area contributed by atoms with Crippen LogP contribution in [0, 0.1) is 13.8 Å². The van der Waals surface area contributed by atoms with Gasteiger partial charge in [-0.3, -0.25) is 9.78 Å². The Hall–Kier alpha value is -3.69. The van der Waals surface area contributed by atoms with E-state index in [9.17, 15) is 9.59 Å². The van der Waals surface area contributed by atoms with Crippen LogP contribution in [0.5, 0.6) is 0 Å². The number of aromatic nitrogens is 4. The Morgan fingerprint density at radius 3 is 2.60 bits per heavy atom. The first kappa shape index (κ1) is 24.4. The van der Waals surface area contributed by atoms with Crippen LogP contribution in [0.15, 0.2) is 39.9 Å². The number of hydrogen-bond acceptors (Lipinski definition) is 8. The number of nitrogens with zero attached hydrogens (tertiary/aromatic N) is 6. The highest BCUT2D eigenvalue weighted by Crippen LogP contribution is 2.25.